The lowest BCUT2D eigenvalue weighted by Gasteiger charge is -2.10. The molecule has 3 aromatic rings. The molecule has 26 heavy (non-hydrogen) atoms. The number of anilines is 2. The summed E-state index contributed by atoms with van der Waals surface area (Å²) in [5, 5.41) is 12.8. The largest absolute Gasteiger partial charge is 0.331 e. The molecule has 0 atom stereocenters. The maximum atomic E-state index is 6.14. The van der Waals surface area contributed by atoms with Gasteiger partial charge in [-0.3, -0.25) is 4.68 Å². The molecule has 0 radical (unpaired) electrons. The van der Waals surface area contributed by atoms with E-state index in [1.807, 2.05) is 41.9 Å². The van der Waals surface area contributed by atoms with Crippen molar-refractivity contribution in [2.75, 3.05) is 10.6 Å². The van der Waals surface area contributed by atoms with Crippen molar-refractivity contribution in [2.45, 2.75) is 13.5 Å². The van der Waals surface area contributed by atoms with Crippen LogP contribution in [-0.2, 0) is 6.54 Å². The molecule has 1 aromatic heterocycles. The first-order valence-electron chi connectivity index (χ1n) is 7.72. The predicted molar refractivity (Wildman–Crippen MR) is 114 cm³/mol. The van der Waals surface area contributed by atoms with Gasteiger partial charge < -0.3 is 10.6 Å². The number of thiocarbonyl (C=S) groups is 1. The fourth-order valence-corrected chi connectivity index (χ4v) is 3.15. The summed E-state index contributed by atoms with van der Waals surface area (Å²) in [6.45, 7) is 2.63. The van der Waals surface area contributed by atoms with Gasteiger partial charge in [-0.2, -0.15) is 5.10 Å². The molecule has 0 aliphatic rings. The number of aromatic nitrogens is 2. The highest BCUT2D eigenvalue weighted by atomic mass is 35.5. The van der Waals surface area contributed by atoms with Gasteiger partial charge in [-0.05, 0) is 55.0 Å². The molecule has 0 fully saturated rings. The van der Waals surface area contributed by atoms with Crippen LogP contribution in [0.5, 0.6) is 0 Å². The number of nitrogens with zero attached hydrogens (tertiary/aromatic N) is 2. The van der Waals surface area contributed by atoms with Gasteiger partial charge in [-0.1, -0.05) is 46.9 Å². The number of benzene rings is 2. The Balaban J connectivity index is 1.66. The second-order valence-corrected chi connectivity index (χ2v) is 7.35. The average molecular weight is 426 g/mol. The average Bonchev–Trinajstić information content (AvgIpc) is 2.91. The van der Waals surface area contributed by atoms with E-state index in [9.17, 15) is 0 Å². The summed E-state index contributed by atoms with van der Waals surface area (Å²) in [7, 11) is 0. The van der Waals surface area contributed by atoms with Crippen LogP contribution in [0.1, 0.15) is 11.3 Å². The minimum Gasteiger partial charge on any atom is -0.331 e. The Morgan fingerprint density at radius 3 is 2.38 bits per heavy atom. The summed E-state index contributed by atoms with van der Waals surface area (Å²) < 4.78 is 1.89. The van der Waals surface area contributed by atoms with Crippen molar-refractivity contribution in [3.8, 4) is 0 Å². The third-order valence-corrected chi connectivity index (χ3v) is 4.65. The van der Waals surface area contributed by atoms with Crippen LogP contribution in [0.15, 0.2) is 48.5 Å². The summed E-state index contributed by atoms with van der Waals surface area (Å²) in [5.74, 6) is 0.652. The van der Waals surface area contributed by atoms with Crippen LogP contribution in [0.2, 0.25) is 15.1 Å². The van der Waals surface area contributed by atoms with Crippen molar-refractivity contribution in [2.24, 2.45) is 0 Å². The van der Waals surface area contributed by atoms with Crippen molar-refractivity contribution in [1.82, 2.24) is 9.78 Å². The first kappa shape index (κ1) is 19.0. The van der Waals surface area contributed by atoms with Crippen LogP contribution in [0.4, 0.5) is 11.5 Å². The van der Waals surface area contributed by atoms with E-state index in [2.05, 4.69) is 15.7 Å². The SMILES string of the molecule is Cc1cc(NC(=S)Nc2ccc(Cl)cc2Cl)nn1Cc1ccc(Cl)cc1. The fourth-order valence-electron chi connectivity index (χ4n) is 2.35. The standard InChI is InChI=1S/C18H15Cl3N4S/c1-11-8-17(24-25(11)10-12-2-4-13(19)5-3-12)23-18(26)22-16-7-6-14(20)9-15(16)21/h2-9H,10H2,1H3,(H2,22,23,24,26). The molecule has 0 aliphatic heterocycles. The molecule has 1 heterocycles. The quantitative estimate of drug-likeness (QED) is 0.502. The molecule has 8 heteroatoms. The first-order chi connectivity index (χ1) is 12.4. The molecule has 0 saturated heterocycles. The number of aryl methyl sites for hydroxylation is 1. The molecular formula is C18H15Cl3N4S. The topological polar surface area (TPSA) is 41.9 Å². The summed E-state index contributed by atoms with van der Waals surface area (Å²) in [4.78, 5) is 0. The second-order valence-electron chi connectivity index (χ2n) is 5.66. The lowest BCUT2D eigenvalue weighted by atomic mass is 10.2. The smallest absolute Gasteiger partial charge is 0.176 e. The van der Waals surface area contributed by atoms with Gasteiger partial charge in [0.05, 0.1) is 17.3 Å². The Morgan fingerprint density at radius 1 is 1.00 bits per heavy atom. The molecule has 0 bridgehead atoms. The van der Waals surface area contributed by atoms with Crippen molar-refractivity contribution >= 4 is 63.6 Å². The number of nitrogens with one attached hydrogen (secondary N) is 2. The van der Waals surface area contributed by atoms with E-state index in [4.69, 9.17) is 47.0 Å². The van der Waals surface area contributed by atoms with Crippen LogP contribution in [0.3, 0.4) is 0 Å². The minimum atomic E-state index is 0.394. The molecule has 2 N–H and O–H groups in total. The fraction of sp³-hybridized carbons (Fsp3) is 0.111. The highest BCUT2D eigenvalue weighted by Gasteiger charge is 2.08. The van der Waals surface area contributed by atoms with E-state index < -0.39 is 0 Å². The minimum absolute atomic E-state index is 0.394. The van der Waals surface area contributed by atoms with Gasteiger partial charge in [0.15, 0.2) is 10.9 Å². The summed E-state index contributed by atoms with van der Waals surface area (Å²) in [6, 6.07) is 14.8. The van der Waals surface area contributed by atoms with Crippen LogP contribution in [0, 0.1) is 6.92 Å². The highest BCUT2D eigenvalue weighted by Crippen LogP contribution is 2.25. The summed E-state index contributed by atoms with van der Waals surface area (Å²) in [6.07, 6.45) is 0. The van der Waals surface area contributed by atoms with Gasteiger partial charge in [0.1, 0.15) is 0 Å². The molecule has 134 valence electrons. The van der Waals surface area contributed by atoms with Crippen molar-refractivity contribution in [3.05, 3.63) is 74.9 Å². The van der Waals surface area contributed by atoms with Gasteiger partial charge in [-0.15, -0.1) is 0 Å². The molecule has 0 aliphatic carbocycles. The van der Waals surface area contributed by atoms with Crippen molar-refractivity contribution in [1.29, 1.82) is 0 Å². The Kier molecular flexibility index (Phi) is 6.04. The van der Waals surface area contributed by atoms with Gasteiger partial charge in [0.2, 0.25) is 0 Å². The molecule has 3 rings (SSSR count). The number of hydrogen-bond donors (Lipinski definition) is 2. The normalized spacial score (nSPS) is 10.6. The van der Waals surface area contributed by atoms with Gasteiger partial charge in [0, 0.05) is 21.8 Å². The van der Waals surface area contributed by atoms with Crippen molar-refractivity contribution < 1.29 is 0 Å². The third kappa shape index (κ3) is 4.89. The monoisotopic (exact) mass is 424 g/mol. The van der Waals surface area contributed by atoms with E-state index >= 15 is 0 Å². The number of rotatable bonds is 4. The van der Waals surface area contributed by atoms with E-state index in [1.54, 1.807) is 18.2 Å². The highest BCUT2D eigenvalue weighted by molar-refractivity contribution is 7.80. The second kappa shape index (κ2) is 8.27. The predicted octanol–water partition coefficient (Wildman–Crippen LogP) is 6.01. The Bertz CT molecular complexity index is 938. The molecule has 0 saturated carbocycles. The molecule has 0 spiro atoms. The van der Waals surface area contributed by atoms with E-state index in [1.165, 1.54) is 0 Å². The Morgan fingerprint density at radius 2 is 1.69 bits per heavy atom. The number of halogens is 3. The Hall–Kier alpha value is -1.79. The molecule has 0 amide bonds. The van der Waals surface area contributed by atoms with Crippen LogP contribution >= 0.6 is 47.0 Å². The van der Waals surface area contributed by atoms with E-state index in [0.717, 1.165) is 11.3 Å². The number of hydrogen-bond acceptors (Lipinski definition) is 2. The Labute approximate surface area is 172 Å². The van der Waals surface area contributed by atoms with Crippen LogP contribution in [-0.4, -0.2) is 14.9 Å². The van der Waals surface area contributed by atoms with Crippen LogP contribution in [0.25, 0.3) is 0 Å². The molecular weight excluding hydrogens is 411 g/mol. The molecule has 4 nitrogen and oxygen atoms in total. The van der Waals surface area contributed by atoms with E-state index in [0.29, 0.717) is 38.2 Å². The third-order valence-electron chi connectivity index (χ3n) is 3.65. The zero-order chi connectivity index (χ0) is 18.7. The first-order valence-corrected chi connectivity index (χ1v) is 9.27. The summed E-state index contributed by atoms with van der Waals surface area (Å²) in [5.41, 5.74) is 2.79. The lowest BCUT2D eigenvalue weighted by molar-refractivity contribution is 0.668. The van der Waals surface area contributed by atoms with Gasteiger partial charge in [0.25, 0.3) is 0 Å². The molecule has 0 unspecified atom stereocenters. The van der Waals surface area contributed by atoms with E-state index in [-0.39, 0.29) is 0 Å². The zero-order valence-corrected chi connectivity index (χ0v) is 16.8. The van der Waals surface area contributed by atoms with Crippen LogP contribution < -0.4 is 10.6 Å². The maximum absolute atomic E-state index is 6.14. The molecule has 2 aromatic carbocycles. The van der Waals surface area contributed by atoms with Gasteiger partial charge >= 0.3 is 0 Å². The van der Waals surface area contributed by atoms with Gasteiger partial charge in [-0.25, -0.2) is 0 Å². The van der Waals surface area contributed by atoms with Crippen molar-refractivity contribution in [3.63, 3.8) is 0 Å². The maximum Gasteiger partial charge on any atom is 0.176 e. The summed E-state index contributed by atoms with van der Waals surface area (Å²) >= 11 is 23.3. The lowest BCUT2D eigenvalue weighted by Crippen LogP contribution is -2.19. The zero-order valence-electron chi connectivity index (χ0n) is 13.8.